The number of aromatic nitrogens is 2. The molecule has 1 aromatic heterocycles. The first kappa shape index (κ1) is 19.0. The van der Waals surface area contributed by atoms with Gasteiger partial charge in [0.2, 0.25) is 17.7 Å². The Morgan fingerprint density at radius 2 is 1.81 bits per heavy atom. The van der Waals surface area contributed by atoms with Crippen molar-refractivity contribution in [2.24, 2.45) is 5.73 Å². The molecule has 0 radical (unpaired) electrons. The Morgan fingerprint density at radius 3 is 2.55 bits per heavy atom. The highest BCUT2D eigenvalue weighted by Gasteiger charge is 2.57. The smallest absolute Gasteiger partial charge is 0.243 e. The number of benzene rings is 2. The maximum absolute atomic E-state index is 13.8. The fourth-order valence-electron chi connectivity index (χ4n) is 4.76. The molecule has 5 rings (SSSR count). The monoisotopic (exact) mass is 415 g/mol. The standard InChI is InChI=1S/C23H21N5O3/c1-2-14-7-3-5-9-17(14)28-21-16(12-25-28)23(11-20(30)26-21)15-8-4-6-10-18(15)27(22(23)31)13-19(24)29/h3-10,12H,2,11,13H2,1H3,(H2,24,29)(H,26,30). The SMILES string of the molecule is CCc1ccccc1-n1ncc2c1NC(=O)CC21C(=O)N(CC(N)=O)c2ccccc21. The highest BCUT2D eigenvalue weighted by Crippen LogP contribution is 2.52. The maximum Gasteiger partial charge on any atom is 0.243 e. The Hall–Kier alpha value is -3.94. The van der Waals surface area contributed by atoms with Crippen LogP contribution in [0.1, 0.15) is 30.0 Å². The molecule has 3 amide bonds. The molecular weight excluding hydrogens is 394 g/mol. The largest absolute Gasteiger partial charge is 0.368 e. The number of anilines is 2. The Kier molecular flexibility index (Phi) is 4.18. The van der Waals surface area contributed by atoms with Crippen LogP contribution in [0.2, 0.25) is 0 Å². The van der Waals surface area contributed by atoms with E-state index in [-0.39, 0.29) is 24.8 Å². The Labute approximate surface area is 178 Å². The molecule has 0 fully saturated rings. The van der Waals surface area contributed by atoms with Crippen molar-refractivity contribution in [1.29, 1.82) is 0 Å². The summed E-state index contributed by atoms with van der Waals surface area (Å²) in [6.07, 6.45) is 2.37. The third-order valence-corrected chi connectivity index (χ3v) is 6.09. The molecule has 3 N–H and O–H groups in total. The van der Waals surface area contributed by atoms with Gasteiger partial charge in [-0.2, -0.15) is 5.10 Å². The molecule has 156 valence electrons. The number of hydrogen-bond donors (Lipinski definition) is 2. The molecule has 2 aliphatic rings. The number of nitrogens with one attached hydrogen (secondary N) is 1. The second-order valence-electron chi connectivity index (χ2n) is 7.81. The molecule has 2 aromatic carbocycles. The average Bonchev–Trinajstić information content (AvgIpc) is 3.28. The van der Waals surface area contributed by atoms with E-state index in [4.69, 9.17) is 5.73 Å². The fraction of sp³-hybridized carbons (Fsp3) is 0.217. The lowest BCUT2D eigenvalue weighted by atomic mass is 9.72. The number of amides is 3. The van der Waals surface area contributed by atoms with E-state index in [1.807, 2.05) is 43.3 Å². The highest BCUT2D eigenvalue weighted by atomic mass is 16.2. The zero-order valence-electron chi connectivity index (χ0n) is 17.0. The Balaban J connectivity index is 1.75. The third kappa shape index (κ3) is 2.61. The molecule has 1 spiro atoms. The van der Waals surface area contributed by atoms with Crippen molar-refractivity contribution in [3.8, 4) is 5.69 Å². The van der Waals surface area contributed by atoms with Crippen LogP contribution in [-0.2, 0) is 26.2 Å². The van der Waals surface area contributed by atoms with Gasteiger partial charge in [0.1, 0.15) is 17.8 Å². The van der Waals surface area contributed by atoms with Gasteiger partial charge < -0.3 is 16.0 Å². The maximum atomic E-state index is 13.8. The van der Waals surface area contributed by atoms with E-state index < -0.39 is 11.3 Å². The number of hydrogen-bond acceptors (Lipinski definition) is 4. The molecule has 31 heavy (non-hydrogen) atoms. The number of primary amides is 1. The zero-order valence-corrected chi connectivity index (χ0v) is 17.0. The van der Waals surface area contributed by atoms with Crippen molar-refractivity contribution in [3.63, 3.8) is 0 Å². The lowest BCUT2D eigenvalue weighted by Gasteiger charge is -2.32. The number of rotatable bonds is 4. The number of carbonyl (C=O) groups excluding carboxylic acids is 3. The molecule has 1 atom stereocenters. The van der Waals surface area contributed by atoms with Gasteiger partial charge in [0.25, 0.3) is 0 Å². The molecule has 0 saturated carbocycles. The van der Waals surface area contributed by atoms with Crippen LogP contribution in [0.25, 0.3) is 5.69 Å². The van der Waals surface area contributed by atoms with Crippen molar-refractivity contribution in [3.05, 3.63) is 71.4 Å². The summed E-state index contributed by atoms with van der Waals surface area (Å²) in [5.41, 5.74) is 7.96. The second kappa shape index (κ2) is 6.80. The summed E-state index contributed by atoms with van der Waals surface area (Å²) >= 11 is 0. The molecule has 2 aliphatic heterocycles. The minimum atomic E-state index is -1.25. The van der Waals surface area contributed by atoms with Gasteiger partial charge in [-0.1, -0.05) is 43.3 Å². The first-order chi connectivity index (χ1) is 15.0. The van der Waals surface area contributed by atoms with Crippen LogP contribution in [0.4, 0.5) is 11.5 Å². The average molecular weight is 415 g/mol. The number of nitrogens with two attached hydrogens (primary N) is 1. The van der Waals surface area contributed by atoms with Gasteiger partial charge in [0, 0.05) is 17.7 Å². The molecular formula is C23H21N5O3. The van der Waals surface area contributed by atoms with E-state index in [2.05, 4.69) is 10.4 Å². The summed E-state index contributed by atoms with van der Waals surface area (Å²) in [5.74, 6) is -0.770. The van der Waals surface area contributed by atoms with Gasteiger partial charge in [-0.25, -0.2) is 4.68 Å². The van der Waals surface area contributed by atoms with Crippen LogP contribution < -0.4 is 16.0 Å². The first-order valence-corrected chi connectivity index (χ1v) is 10.1. The number of carbonyl (C=O) groups is 3. The summed E-state index contributed by atoms with van der Waals surface area (Å²) in [5, 5.41) is 7.48. The number of nitrogens with zero attached hydrogens (tertiary/aromatic N) is 3. The fourth-order valence-corrected chi connectivity index (χ4v) is 4.76. The number of para-hydroxylation sites is 2. The summed E-state index contributed by atoms with van der Waals surface area (Å²) in [6, 6.07) is 15.0. The lowest BCUT2D eigenvalue weighted by molar-refractivity contribution is -0.127. The lowest BCUT2D eigenvalue weighted by Crippen LogP contribution is -2.48. The van der Waals surface area contributed by atoms with E-state index in [1.54, 1.807) is 23.0 Å². The van der Waals surface area contributed by atoms with E-state index >= 15 is 0 Å². The summed E-state index contributed by atoms with van der Waals surface area (Å²) in [6.45, 7) is 1.80. The van der Waals surface area contributed by atoms with Crippen molar-refractivity contribution >= 4 is 29.2 Å². The molecule has 8 heteroatoms. The van der Waals surface area contributed by atoms with Crippen LogP contribution in [0.5, 0.6) is 0 Å². The first-order valence-electron chi connectivity index (χ1n) is 10.1. The highest BCUT2D eigenvalue weighted by molar-refractivity contribution is 6.17. The van der Waals surface area contributed by atoms with Gasteiger partial charge in [-0.05, 0) is 29.7 Å². The van der Waals surface area contributed by atoms with Gasteiger partial charge in [0.15, 0.2) is 0 Å². The molecule has 0 bridgehead atoms. The Morgan fingerprint density at radius 1 is 1.10 bits per heavy atom. The molecule has 3 heterocycles. The molecule has 0 saturated heterocycles. The zero-order chi connectivity index (χ0) is 21.8. The topological polar surface area (TPSA) is 110 Å². The van der Waals surface area contributed by atoms with Crippen LogP contribution in [0.3, 0.4) is 0 Å². The quantitative estimate of drug-likeness (QED) is 0.678. The predicted molar refractivity (Wildman–Crippen MR) is 115 cm³/mol. The van der Waals surface area contributed by atoms with E-state index in [0.29, 0.717) is 22.6 Å². The normalized spacial score (nSPS) is 19.3. The minimum absolute atomic E-state index is 0.0633. The van der Waals surface area contributed by atoms with Crippen molar-refractivity contribution in [2.75, 3.05) is 16.8 Å². The number of aryl methyl sites for hydroxylation is 1. The third-order valence-electron chi connectivity index (χ3n) is 6.09. The number of fused-ring (bicyclic) bond motifs is 4. The van der Waals surface area contributed by atoms with E-state index in [1.165, 1.54) is 4.90 Å². The van der Waals surface area contributed by atoms with Gasteiger partial charge in [-0.15, -0.1) is 0 Å². The van der Waals surface area contributed by atoms with Gasteiger partial charge in [0.05, 0.1) is 11.9 Å². The molecule has 0 aliphatic carbocycles. The predicted octanol–water partition coefficient (Wildman–Crippen LogP) is 1.89. The van der Waals surface area contributed by atoms with Crippen LogP contribution >= 0.6 is 0 Å². The Bertz CT molecular complexity index is 1250. The van der Waals surface area contributed by atoms with E-state index in [9.17, 15) is 14.4 Å². The summed E-state index contributed by atoms with van der Waals surface area (Å²) in [7, 11) is 0. The van der Waals surface area contributed by atoms with Crippen molar-refractivity contribution in [2.45, 2.75) is 25.2 Å². The van der Waals surface area contributed by atoms with Crippen LogP contribution in [-0.4, -0.2) is 34.0 Å². The summed E-state index contributed by atoms with van der Waals surface area (Å²) < 4.78 is 1.68. The van der Waals surface area contributed by atoms with Crippen LogP contribution in [0, 0.1) is 0 Å². The molecule has 8 nitrogen and oxygen atoms in total. The van der Waals surface area contributed by atoms with Gasteiger partial charge >= 0.3 is 0 Å². The second-order valence-corrected chi connectivity index (χ2v) is 7.81. The van der Waals surface area contributed by atoms with Crippen molar-refractivity contribution < 1.29 is 14.4 Å². The van der Waals surface area contributed by atoms with Crippen LogP contribution in [0.15, 0.2) is 54.7 Å². The van der Waals surface area contributed by atoms with Crippen molar-refractivity contribution in [1.82, 2.24) is 9.78 Å². The van der Waals surface area contributed by atoms with E-state index in [0.717, 1.165) is 17.7 Å². The molecule has 3 aromatic rings. The molecule has 1 unspecified atom stereocenters. The summed E-state index contributed by atoms with van der Waals surface area (Å²) in [4.78, 5) is 39.7. The van der Waals surface area contributed by atoms with Gasteiger partial charge in [-0.3, -0.25) is 14.4 Å². The minimum Gasteiger partial charge on any atom is -0.368 e.